The number of nitrogens with one attached hydrogen (secondary N) is 1. The van der Waals surface area contributed by atoms with Gasteiger partial charge in [-0.1, -0.05) is 0 Å². The van der Waals surface area contributed by atoms with Crippen LogP contribution in [0, 0.1) is 10.1 Å². The van der Waals surface area contributed by atoms with Gasteiger partial charge in [-0.15, -0.1) is 0 Å². The molecule has 0 aliphatic carbocycles. The highest BCUT2D eigenvalue weighted by atomic mass is 16.7. The summed E-state index contributed by atoms with van der Waals surface area (Å²) in [5, 5.41) is 11.3. The van der Waals surface area contributed by atoms with Crippen LogP contribution < -0.4 is 5.56 Å². The van der Waals surface area contributed by atoms with E-state index in [1.165, 1.54) is 14.2 Å². The Morgan fingerprint density at radius 1 is 1.62 bits per heavy atom. The molecule has 0 atom stereocenters. The van der Waals surface area contributed by atoms with Gasteiger partial charge < -0.3 is 4.98 Å². The number of hydrogen-bond acceptors (Lipinski definition) is 5. The van der Waals surface area contributed by atoms with Crippen LogP contribution in [-0.2, 0) is 4.84 Å². The number of H-pyrrole nitrogens is 1. The summed E-state index contributed by atoms with van der Waals surface area (Å²) in [6, 6.07) is 0.899. The van der Waals surface area contributed by atoms with Gasteiger partial charge in [-0.3, -0.25) is 24.5 Å². The van der Waals surface area contributed by atoms with Gasteiger partial charge in [-0.2, -0.15) is 0 Å². The first-order valence-corrected chi connectivity index (χ1v) is 4.16. The monoisotopic (exact) mass is 227 g/mol. The second-order valence-corrected chi connectivity index (χ2v) is 2.84. The first-order valence-electron chi connectivity index (χ1n) is 4.16. The van der Waals surface area contributed by atoms with Crippen molar-refractivity contribution in [3.05, 3.63) is 38.3 Å². The second-order valence-electron chi connectivity index (χ2n) is 2.84. The summed E-state index contributed by atoms with van der Waals surface area (Å²) in [6.07, 6.45) is 0.923. The van der Waals surface area contributed by atoms with Gasteiger partial charge in [0.25, 0.3) is 17.2 Å². The van der Waals surface area contributed by atoms with Crippen LogP contribution in [-0.4, -0.2) is 35.0 Å². The Balaban J connectivity index is 3.22. The average molecular weight is 227 g/mol. The Kier molecular flexibility index (Phi) is 3.36. The van der Waals surface area contributed by atoms with Gasteiger partial charge in [0.2, 0.25) is 0 Å². The first kappa shape index (κ1) is 11.9. The van der Waals surface area contributed by atoms with Crippen LogP contribution in [0.3, 0.4) is 0 Å². The molecule has 1 aromatic heterocycles. The van der Waals surface area contributed by atoms with Gasteiger partial charge in [-0.25, -0.2) is 5.06 Å². The molecule has 1 rings (SSSR count). The van der Waals surface area contributed by atoms with Crippen LogP contribution in [0.2, 0.25) is 0 Å². The van der Waals surface area contributed by atoms with Gasteiger partial charge in [0.05, 0.1) is 18.2 Å². The molecule has 1 heterocycles. The number of hydroxylamine groups is 2. The van der Waals surface area contributed by atoms with Gasteiger partial charge in [-0.05, 0) is 0 Å². The highest BCUT2D eigenvalue weighted by Gasteiger charge is 2.19. The zero-order valence-electron chi connectivity index (χ0n) is 8.59. The van der Waals surface area contributed by atoms with Crippen LogP contribution in [0.25, 0.3) is 0 Å². The summed E-state index contributed by atoms with van der Waals surface area (Å²) in [5.74, 6) is -0.757. The van der Waals surface area contributed by atoms with Gasteiger partial charge in [0.1, 0.15) is 5.56 Å². The molecule has 8 heteroatoms. The molecule has 0 unspecified atom stereocenters. The lowest BCUT2D eigenvalue weighted by Crippen LogP contribution is -2.30. The van der Waals surface area contributed by atoms with E-state index in [1.807, 2.05) is 0 Å². The minimum Gasteiger partial charge on any atom is -0.322 e. The van der Waals surface area contributed by atoms with Gasteiger partial charge in [0, 0.05) is 13.1 Å². The summed E-state index contributed by atoms with van der Waals surface area (Å²) in [4.78, 5) is 39.2. The quantitative estimate of drug-likeness (QED) is 0.574. The van der Waals surface area contributed by atoms with Crippen LogP contribution >= 0.6 is 0 Å². The molecular formula is C8H9N3O5. The molecule has 0 fully saturated rings. The molecule has 1 amide bonds. The Morgan fingerprint density at radius 3 is 2.75 bits per heavy atom. The van der Waals surface area contributed by atoms with E-state index in [-0.39, 0.29) is 11.3 Å². The molecule has 8 nitrogen and oxygen atoms in total. The molecule has 0 aromatic carbocycles. The highest BCUT2D eigenvalue weighted by Crippen LogP contribution is 2.09. The van der Waals surface area contributed by atoms with E-state index >= 15 is 0 Å². The number of nitrogens with zero attached hydrogens (tertiary/aromatic N) is 2. The minimum atomic E-state index is -0.757. The Morgan fingerprint density at radius 2 is 2.25 bits per heavy atom. The topological polar surface area (TPSA) is 106 Å². The number of pyridine rings is 1. The van der Waals surface area contributed by atoms with Crippen molar-refractivity contribution < 1.29 is 14.6 Å². The maximum absolute atomic E-state index is 11.5. The average Bonchev–Trinajstić information content (AvgIpc) is 2.27. The lowest BCUT2D eigenvalue weighted by Gasteiger charge is -2.12. The van der Waals surface area contributed by atoms with E-state index in [0.717, 1.165) is 17.3 Å². The number of carbonyl (C=O) groups excluding carboxylic acids is 1. The van der Waals surface area contributed by atoms with Crippen LogP contribution in [0.5, 0.6) is 0 Å². The zero-order chi connectivity index (χ0) is 12.3. The molecule has 0 aliphatic heterocycles. The fraction of sp³-hybridized carbons (Fsp3) is 0.250. The summed E-state index contributed by atoms with van der Waals surface area (Å²) in [5.41, 5.74) is -1.43. The third-order valence-electron chi connectivity index (χ3n) is 1.89. The Labute approximate surface area is 89.5 Å². The molecular weight excluding hydrogens is 218 g/mol. The first-order chi connectivity index (χ1) is 7.47. The van der Waals surface area contributed by atoms with Crippen molar-refractivity contribution in [2.24, 2.45) is 0 Å². The fourth-order valence-electron chi connectivity index (χ4n) is 0.989. The third kappa shape index (κ3) is 2.23. The summed E-state index contributed by atoms with van der Waals surface area (Å²) >= 11 is 0. The van der Waals surface area contributed by atoms with Crippen LogP contribution in [0.15, 0.2) is 17.1 Å². The molecule has 86 valence electrons. The second kappa shape index (κ2) is 4.53. The molecule has 1 aromatic rings. The van der Waals surface area contributed by atoms with Crippen molar-refractivity contribution in [1.82, 2.24) is 10.0 Å². The van der Waals surface area contributed by atoms with E-state index in [4.69, 9.17) is 0 Å². The number of aromatic amines is 1. The van der Waals surface area contributed by atoms with E-state index in [9.17, 15) is 19.7 Å². The van der Waals surface area contributed by atoms with Crippen molar-refractivity contribution in [1.29, 1.82) is 0 Å². The zero-order valence-corrected chi connectivity index (χ0v) is 8.59. The molecule has 0 saturated carbocycles. The molecule has 0 spiro atoms. The number of aromatic nitrogens is 1. The highest BCUT2D eigenvalue weighted by molar-refractivity contribution is 5.93. The smallest absolute Gasteiger partial charge is 0.286 e. The van der Waals surface area contributed by atoms with Crippen LogP contribution in [0.1, 0.15) is 10.4 Å². The van der Waals surface area contributed by atoms with Crippen molar-refractivity contribution in [2.75, 3.05) is 14.2 Å². The van der Waals surface area contributed by atoms with E-state index in [1.54, 1.807) is 0 Å². The number of carbonyl (C=O) groups is 1. The number of amides is 1. The SMILES string of the molecule is CON(C)C(=O)c1cc([N+](=O)[O-])c[nH]c1=O. The van der Waals surface area contributed by atoms with E-state index in [0.29, 0.717) is 0 Å². The molecule has 16 heavy (non-hydrogen) atoms. The maximum atomic E-state index is 11.5. The van der Waals surface area contributed by atoms with Gasteiger partial charge >= 0.3 is 0 Å². The summed E-state index contributed by atoms with van der Waals surface area (Å²) in [7, 11) is 2.53. The van der Waals surface area contributed by atoms with Gasteiger partial charge in [0.15, 0.2) is 0 Å². The Bertz CT molecular complexity index is 481. The lowest BCUT2D eigenvalue weighted by molar-refractivity contribution is -0.385. The predicted octanol–water partition coefficient (Wildman–Crippen LogP) is -0.0835. The third-order valence-corrected chi connectivity index (χ3v) is 1.89. The molecule has 1 N–H and O–H groups in total. The molecule has 0 aliphatic rings. The Hall–Kier alpha value is -2.22. The lowest BCUT2D eigenvalue weighted by atomic mass is 10.2. The molecule has 0 saturated heterocycles. The standard InChI is InChI=1S/C8H9N3O5/c1-10(16-2)8(13)6-3-5(11(14)15)4-9-7(6)12/h3-4H,1-2H3,(H,9,12). The largest absolute Gasteiger partial charge is 0.322 e. The molecule has 0 bridgehead atoms. The summed E-state index contributed by atoms with van der Waals surface area (Å²) in [6.45, 7) is 0. The van der Waals surface area contributed by atoms with Crippen molar-refractivity contribution in [3.63, 3.8) is 0 Å². The number of nitro groups is 1. The number of hydrogen-bond donors (Lipinski definition) is 1. The van der Waals surface area contributed by atoms with E-state index in [2.05, 4.69) is 9.82 Å². The molecule has 0 radical (unpaired) electrons. The van der Waals surface area contributed by atoms with Crippen molar-refractivity contribution in [2.45, 2.75) is 0 Å². The van der Waals surface area contributed by atoms with E-state index < -0.39 is 16.4 Å². The van der Waals surface area contributed by atoms with Crippen molar-refractivity contribution >= 4 is 11.6 Å². The van der Waals surface area contributed by atoms with Crippen molar-refractivity contribution in [3.8, 4) is 0 Å². The fourth-order valence-corrected chi connectivity index (χ4v) is 0.989. The summed E-state index contributed by atoms with van der Waals surface area (Å²) < 4.78 is 0. The predicted molar refractivity (Wildman–Crippen MR) is 52.8 cm³/mol. The normalized spacial score (nSPS) is 9.88. The maximum Gasteiger partial charge on any atom is 0.286 e. The van der Waals surface area contributed by atoms with Crippen LogP contribution in [0.4, 0.5) is 5.69 Å². The minimum absolute atomic E-state index is 0.349. The number of rotatable bonds is 3.